The number of benzene rings is 3. The monoisotopic (exact) mass is 726 g/mol. The van der Waals surface area contributed by atoms with Crippen LogP contribution in [0.3, 0.4) is 0 Å². The number of rotatable bonds is 10. The second-order valence-corrected chi connectivity index (χ2v) is 13.4. The Kier molecular flexibility index (Phi) is 9.49. The molecule has 16 heteroatoms. The molecular weight excluding hydrogens is 698 g/mol. The molecule has 3 aromatic heterocycles. The minimum Gasteiger partial charge on any atom is -0.480 e. The Morgan fingerprint density at radius 3 is 2.17 bits per heavy atom. The molecule has 0 bridgehead atoms. The summed E-state index contributed by atoms with van der Waals surface area (Å²) in [6.45, 7) is 1.83. The molecule has 0 radical (unpaired) electrons. The number of amides is 1. The van der Waals surface area contributed by atoms with Crippen LogP contribution in [-0.4, -0.2) is 50.5 Å². The van der Waals surface area contributed by atoms with Gasteiger partial charge in [0.1, 0.15) is 23.2 Å². The van der Waals surface area contributed by atoms with Gasteiger partial charge < -0.3 is 10.4 Å². The van der Waals surface area contributed by atoms with Gasteiger partial charge in [-0.1, -0.05) is 30.3 Å². The minimum absolute atomic E-state index is 0.194. The number of hydrogen-bond acceptors (Lipinski definition) is 8. The van der Waals surface area contributed by atoms with Gasteiger partial charge in [0.05, 0.1) is 33.4 Å². The molecule has 0 saturated carbocycles. The highest BCUT2D eigenvalue weighted by molar-refractivity contribution is 7.92. The molecular formula is C36H28F2N6O7S. The van der Waals surface area contributed by atoms with Crippen molar-refractivity contribution in [2.75, 3.05) is 4.72 Å². The third-order valence-corrected chi connectivity index (χ3v) is 9.64. The van der Waals surface area contributed by atoms with Crippen molar-refractivity contribution in [3.05, 3.63) is 147 Å². The Labute approximate surface area is 293 Å². The molecule has 52 heavy (non-hydrogen) atoms. The fraction of sp³-hybridized carbons (Fsp3) is 0.111. The predicted octanol–water partition coefficient (Wildman–Crippen LogP) is 3.96. The van der Waals surface area contributed by atoms with Crippen LogP contribution in [0.5, 0.6) is 0 Å². The van der Waals surface area contributed by atoms with Crippen molar-refractivity contribution < 1.29 is 31.9 Å². The maximum absolute atomic E-state index is 15.1. The summed E-state index contributed by atoms with van der Waals surface area (Å²) in [6.07, 6.45) is 4.11. The molecule has 0 unspecified atom stereocenters. The van der Waals surface area contributed by atoms with Crippen LogP contribution in [0.1, 0.15) is 21.6 Å². The number of hydrogen-bond donors (Lipinski definition) is 3. The summed E-state index contributed by atoms with van der Waals surface area (Å²) in [6, 6.07) is 16.1. The molecule has 1 atom stereocenters. The zero-order chi connectivity index (χ0) is 37.3. The van der Waals surface area contributed by atoms with Gasteiger partial charge in [0.2, 0.25) is 0 Å². The van der Waals surface area contributed by atoms with Gasteiger partial charge in [-0.15, -0.1) is 0 Å². The smallest absolute Gasteiger partial charge is 0.335 e. The normalized spacial score (nSPS) is 12.0. The van der Waals surface area contributed by atoms with Gasteiger partial charge in [-0.2, -0.15) is 0 Å². The van der Waals surface area contributed by atoms with E-state index in [4.69, 9.17) is 0 Å². The largest absolute Gasteiger partial charge is 0.480 e. The molecule has 0 fully saturated rings. The van der Waals surface area contributed by atoms with Crippen LogP contribution >= 0.6 is 0 Å². The molecule has 0 aliphatic rings. The first-order valence-corrected chi connectivity index (χ1v) is 17.0. The van der Waals surface area contributed by atoms with Gasteiger partial charge in [0, 0.05) is 37.1 Å². The molecule has 6 aromatic rings. The fourth-order valence-electron chi connectivity index (χ4n) is 5.50. The first-order valence-electron chi connectivity index (χ1n) is 15.5. The number of carbonyl (C=O) groups excluding carboxylic acids is 1. The van der Waals surface area contributed by atoms with Crippen LogP contribution in [0.4, 0.5) is 14.5 Å². The summed E-state index contributed by atoms with van der Waals surface area (Å²) in [4.78, 5) is 59.0. The van der Waals surface area contributed by atoms with E-state index in [0.29, 0.717) is 28.8 Å². The maximum Gasteiger partial charge on any atom is 0.335 e. The van der Waals surface area contributed by atoms with Crippen molar-refractivity contribution in [3.63, 3.8) is 0 Å². The number of nitrogens with one attached hydrogen (secondary N) is 2. The number of carboxylic acids is 1. The lowest BCUT2D eigenvalue weighted by Gasteiger charge is -2.16. The van der Waals surface area contributed by atoms with E-state index in [1.54, 1.807) is 24.4 Å². The lowest BCUT2D eigenvalue weighted by Crippen LogP contribution is -2.43. The van der Waals surface area contributed by atoms with Crippen LogP contribution in [0.2, 0.25) is 0 Å². The summed E-state index contributed by atoms with van der Waals surface area (Å²) in [7, 11) is -2.82. The van der Waals surface area contributed by atoms with E-state index in [1.165, 1.54) is 66.5 Å². The number of pyridine rings is 2. The van der Waals surface area contributed by atoms with Gasteiger partial charge >= 0.3 is 11.7 Å². The average Bonchev–Trinajstić information content (AvgIpc) is 3.11. The van der Waals surface area contributed by atoms with Crippen molar-refractivity contribution in [2.45, 2.75) is 24.3 Å². The van der Waals surface area contributed by atoms with E-state index in [-0.39, 0.29) is 22.4 Å². The van der Waals surface area contributed by atoms with Gasteiger partial charge in [-0.05, 0) is 66.6 Å². The fourth-order valence-corrected chi connectivity index (χ4v) is 6.54. The third kappa shape index (κ3) is 7.04. The highest BCUT2D eigenvalue weighted by Crippen LogP contribution is 2.25. The van der Waals surface area contributed by atoms with Gasteiger partial charge in [0.25, 0.3) is 21.5 Å². The number of sulfonamides is 1. The Balaban J connectivity index is 1.16. The Morgan fingerprint density at radius 1 is 0.904 bits per heavy atom. The highest BCUT2D eigenvalue weighted by Gasteiger charge is 2.27. The molecule has 1 amide bonds. The Hall–Kier alpha value is -6.55. The number of carbonyl (C=O) groups is 2. The first-order chi connectivity index (χ1) is 24.7. The number of aromatic nitrogens is 4. The standard InChI is InChI=1S/C36H28F2N6O7S/c1-20-3-6-23(18-40-20)22-7-11-26(12-8-22)52(50,51)42-24-16-28(37)32(29(38)17-24)33(45)41-30(35(47)48)15-21-4-9-25(10-5-21)44-34(46)27-13-14-39-19-31(27)43(2)36(44)49/h3-14,16-19,30,42H,15H2,1-2H3,(H,41,45)(H,47,48)/t30-/m0/s1. The van der Waals surface area contributed by atoms with Crippen LogP contribution in [0, 0.1) is 18.6 Å². The second kappa shape index (κ2) is 14.0. The predicted molar refractivity (Wildman–Crippen MR) is 187 cm³/mol. The Morgan fingerprint density at radius 2 is 1.56 bits per heavy atom. The van der Waals surface area contributed by atoms with E-state index >= 15 is 8.78 Å². The molecule has 3 aromatic carbocycles. The molecule has 3 heterocycles. The molecule has 264 valence electrons. The molecule has 13 nitrogen and oxygen atoms in total. The molecule has 3 N–H and O–H groups in total. The molecule has 0 aliphatic carbocycles. The SMILES string of the molecule is Cc1ccc(-c2ccc(S(=O)(=O)Nc3cc(F)c(C(=O)N[C@@H](Cc4ccc(-n5c(=O)c6ccncc6n(C)c5=O)cc4)C(=O)O)c(F)c3)cc2)cn1. The van der Waals surface area contributed by atoms with Crippen molar-refractivity contribution >= 4 is 38.5 Å². The number of aliphatic carboxylic acids is 1. The zero-order valence-corrected chi connectivity index (χ0v) is 28.2. The third-order valence-electron chi connectivity index (χ3n) is 8.24. The second-order valence-electron chi connectivity index (χ2n) is 11.7. The molecule has 0 spiro atoms. The van der Waals surface area contributed by atoms with E-state index in [2.05, 4.69) is 20.0 Å². The molecule has 6 rings (SSSR count). The van der Waals surface area contributed by atoms with Gasteiger partial charge in [-0.3, -0.25) is 28.8 Å². The summed E-state index contributed by atoms with van der Waals surface area (Å²) in [5, 5.41) is 12.1. The topological polar surface area (TPSA) is 182 Å². The first kappa shape index (κ1) is 35.3. The summed E-state index contributed by atoms with van der Waals surface area (Å²) in [5.41, 5.74) is 0.288. The van der Waals surface area contributed by atoms with Gasteiger partial charge in [0.15, 0.2) is 0 Å². The molecule has 0 aliphatic heterocycles. The van der Waals surface area contributed by atoms with Crippen LogP contribution in [0.25, 0.3) is 27.7 Å². The minimum atomic E-state index is -4.31. The number of aryl methyl sites for hydroxylation is 2. The number of halogens is 2. The Bertz CT molecular complexity index is 2570. The number of nitrogens with zero attached hydrogens (tertiary/aromatic N) is 4. The van der Waals surface area contributed by atoms with E-state index in [9.17, 15) is 32.7 Å². The van der Waals surface area contributed by atoms with Crippen molar-refractivity contribution in [2.24, 2.45) is 7.05 Å². The van der Waals surface area contributed by atoms with Crippen molar-refractivity contribution in [1.82, 2.24) is 24.4 Å². The van der Waals surface area contributed by atoms with Crippen molar-refractivity contribution in [3.8, 4) is 16.8 Å². The number of carboxylic acid groups (broad SMARTS) is 1. The lowest BCUT2D eigenvalue weighted by atomic mass is 10.0. The van der Waals surface area contributed by atoms with E-state index in [1.807, 2.05) is 13.0 Å². The van der Waals surface area contributed by atoms with Gasteiger partial charge in [-0.25, -0.2) is 31.4 Å². The highest BCUT2D eigenvalue weighted by atomic mass is 32.2. The summed E-state index contributed by atoms with van der Waals surface area (Å²) >= 11 is 0. The van der Waals surface area contributed by atoms with E-state index in [0.717, 1.165) is 15.8 Å². The number of anilines is 1. The average molecular weight is 727 g/mol. The van der Waals surface area contributed by atoms with Crippen molar-refractivity contribution in [1.29, 1.82) is 0 Å². The lowest BCUT2D eigenvalue weighted by molar-refractivity contribution is -0.139. The number of fused-ring (bicyclic) bond motifs is 1. The summed E-state index contributed by atoms with van der Waals surface area (Å²) < 4.78 is 60.5. The quantitative estimate of drug-likeness (QED) is 0.188. The molecule has 0 saturated heterocycles. The van der Waals surface area contributed by atoms with Crippen LogP contribution in [-0.2, 0) is 28.3 Å². The van der Waals surface area contributed by atoms with E-state index < -0.39 is 62.1 Å². The maximum atomic E-state index is 15.1. The zero-order valence-electron chi connectivity index (χ0n) is 27.4. The van der Waals surface area contributed by atoms with Crippen LogP contribution in [0.15, 0.2) is 112 Å². The summed E-state index contributed by atoms with van der Waals surface area (Å²) in [5.74, 6) is -5.79. The van der Waals surface area contributed by atoms with Crippen LogP contribution < -0.4 is 21.3 Å².